The Balaban J connectivity index is 1.64. The standard InChI is InChI=1S/C47H54O15Si3/c1-11-63(12-2,13-3)38-26-20-35(21-27-38)41(48)57-60-44(51)54-32-47(10,33-55-45(52)61-58-42(49)36-22-28-39(29-23-36)64(14-4,15-5)16-6)34-56-46(53)62-59-43(50)37-24-30-40(31-25-37)65(17-7,18-8)19-9/h11-12,14-15,17-18,20-31H,1-2,4-5,7-8,13,16,19,32-34H2,3,6,9-10H3. The zero-order chi connectivity index (χ0) is 48.3. The van der Waals surface area contributed by atoms with Crippen LogP contribution in [0.4, 0.5) is 14.4 Å². The van der Waals surface area contributed by atoms with Crippen molar-refractivity contribution in [1.82, 2.24) is 0 Å². The summed E-state index contributed by atoms with van der Waals surface area (Å²) in [6.07, 6.45) is -4.49. The molecule has 3 aromatic rings. The predicted octanol–water partition coefficient (Wildman–Crippen LogP) is 8.15. The number of hydrogen-bond acceptors (Lipinski definition) is 15. The minimum atomic E-state index is -2.17. The number of hydrogen-bond donors (Lipinski definition) is 0. The first-order chi connectivity index (χ1) is 31.0. The summed E-state index contributed by atoms with van der Waals surface area (Å²) in [5.74, 6) is -3.04. The van der Waals surface area contributed by atoms with Gasteiger partial charge in [0.25, 0.3) is 0 Å². The molecule has 0 saturated heterocycles. The van der Waals surface area contributed by atoms with E-state index in [9.17, 15) is 28.8 Å². The van der Waals surface area contributed by atoms with E-state index in [2.05, 4.69) is 68.8 Å². The number of rotatable bonds is 21. The average Bonchev–Trinajstić information content (AvgIpc) is 3.35. The van der Waals surface area contributed by atoms with Crippen LogP contribution in [0, 0.1) is 5.41 Å². The zero-order valence-electron chi connectivity index (χ0n) is 37.0. The van der Waals surface area contributed by atoms with Crippen molar-refractivity contribution in [3.8, 4) is 0 Å². The van der Waals surface area contributed by atoms with Crippen molar-refractivity contribution in [2.24, 2.45) is 5.41 Å². The molecule has 344 valence electrons. The third-order valence-corrected chi connectivity index (χ3v) is 23.2. The van der Waals surface area contributed by atoms with Gasteiger partial charge in [-0.2, -0.15) is 14.4 Å². The van der Waals surface area contributed by atoms with E-state index in [1.165, 1.54) is 43.3 Å². The molecule has 3 rings (SSSR count). The van der Waals surface area contributed by atoms with E-state index >= 15 is 0 Å². The third kappa shape index (κ3) is 13.5. The second-order valence-corrected chi connectivity index (χ2v) is 27.5. The molecule has 0 N–H and O–H groups in total. The van der Waals surface area contributed by atoms with Crippen LogP contribution in [-0.2, 0) is 43.5 Å². The molecule has 15 nitrogen and oxygen atoms in total. The summed E-state index contributed by atoms with van der Waals surface area (Å²) >= 11 is 0. The summed E-state index contributed by atoms with van der Waals surface area (Å²) in [6, 6.07) is 21.8. The minimum Gasteiger partial charge on any atom is -0.431 e. The number of carbonyl (C=O) groups is 6. The Morgan fingerprint density at radius 1 is 0.415 bits per heavy atom. The Morgan fingerprint density at radius 2 is 0.631 bits per heavy atom. The molecule has 0 aromatic heterocycles. The quantitative estimate of drug-likeness (QED) is 0.0327. The van der Waals surface area contributed by atoms with Gasteiger partial charge in [-0.15, -0.1) is 39.5 Å². The van der Waals surface area contributed by atoms with Crippen LogP contribution in [0.25, 0.3) is 0 Å². The van der Waals surface area contributed by atoms with Gasteiger partial charge in [-0.3, -0.25) is 0 Å². The molecule has 0 aliphatic rings. The first-order valence-electron chi connectivity index (χ1n) is 20.3. The third-order valence-electron chi connectivity index (χ3n) is 11.1. The number of benzene rings is 3. The van der Waals surface area contributed by atoms with E-state index in [0.717, 1.165) is 33.7 Å². The van der Waals surface area contributed by atoms with Crippen LogP contribution in [0.1, 0.15) is 58.8 Å². The molecular formula is C47H54O15Si3. The summed E-state index contributed by atoms with van der Waals surface area (Å²) in [4.78, 5) is 103. The van der Waals surface area contributed by atoms with Gasteiger partial charge >= 0.3 is 36.4 Å². The molecule has 0 saturated carbocycles. The molecule has 65 heavy (non-hydrogen) atoms. The summed E-state index contributed by atoms with van der Waals surface area (Å²) < 4.78 is 15.3. The van der Waals surface area contributed by atoms with Crippen LogP contribution in [-0.4, -0.2) is 80.4 Å². The predicted molar refractivity (Wildman–Crippen MR) is 250 cm³/mol. The lowest BCUT2D eigenvalue weighted by molar-refractivity contribution is -0.216. The lowest BCUT2D eigenvalue weighted by Crippen LogP contribution is -2.43. The normalized spacial score (nSPS) is 11.3. The van der Waals surface area contributed by atoms with Crippen molar-refractivity contribution in [3.63, 3.8) is 0 Å². The number of carbonyl (C=O) groups excluding carboxylic acids is 6. The number of ether oxygens (including phenoxy) is 3. The maximum atomic E-state index is 12.6. The molecule has 0 bridgehead atoms. The van der Waals surface area contributed by atoms with Crippen LogP contribution < -0.4 is 15.6 Å². The van der Waals surface area contributed by atoms with Gasteiger partial charge in [-0.25, -0.2) is 43.7 Å². The maximum absolute atomic E-state index is 12.6. The zero-order valence-corrected chi connectivity index (χ0v) is 40.0. The van der Waals surface area contributed by atoms with Crippen molar-refractivity contribution < 1.29 is 72.3 Å². The van der Waals surface area contributed by atoms with E-state index < -0.39 is 85.8 Å². The summed E-state index contributed by atoms with van der Waals surface area (Å²) in [6.45, 7) is 28.9. The fourth-order valence-electron chi connectivity index (χ4n) is 6.44. The molecule has 0 unspecified atom stereocenters. The fraction of sp³-hybridized carbons (Fsp3) is 0.234. The molecule has 0 aliphatic heterocycles. The van der Waals surface area contributed by atoms with E-state index in [4.69, 9.17) is 14.2 Å². The Hall–Kier alpha value is -7.03. The molecule has 0 amide bonds. The van der Waals surface area contributed by atoms with Crippen LogP contribution in [0.5, 0.6) is 0 Å². The van der Waals surface area contributed by atoms with E-state index in [-0.39, 0.29) is 16.7 Å². The monoisotopic (exact) mass is 942 g/mol. The second kappa shape index (κ2) is 24.1. The highest BCUT2D eigenvalue weighted by molar-refractivity contribution is 7.00. The Morgan fingerprint density at radius 3 is 0.815 bits per heavy atom. The van der Waals surface area contributed by atoms with E-state index in [0.29, 0.717) is 0 Å². The first-order valence-corrected chi connectivity index (χ1v) is 27.4. The summed E-state index contributed by atoms with van der Waals surface area (Å²) in [5, 5.41) is 2.87. The van der Waals surface area contributed by atoms with Crippen molar-refractivity contribution >= 4 is 76.2 Å². The minimum absolute atomic E-state index is 0.0638. The van der Waals surface area contributed by atoms with Crippen molar-refractivity contribution in [2.45, 2.75) is 45.8 Å². The average molecular weight is 943 g/mol. The Labute approximate surface area is 381 Å². The summed E-state index contributed by atoms with van der Waals surface area (Å²) in [7, 11) is -6.52. The maximum Gasteiger partial charge on any atom is 0.549 e. The molecule has 0 radical (unpaired) electrons. The Bertz CT molecular complexity index is 1960. The highest BCUT2D eigenvalue weighted by Gasteiger charge is 2.34. The molecule has 0 fully saturated rings. The van der Waals surface area contributed by atoms with Gasteiger partial charge in [-0.05, 0) is 61.5 Å². The largest absolute Gasteiger partial charge is 0.549 e. The van der Waals surface area contributed by atoms with Gasteiger partial charge in [0.2, 0.25) is 0 Å². The molecule has 3 aromatic carbocycles. The molecular weight excluding hydrogens is 889 g/mol. The van der Waals surface area contributed by atoms with Gasteiger partial charge in [0.15, 0.2) is 0 Å². The lowest BCUT2D eigenvalue weighted by Gasteiger charge is -2.26. The topological polar surface area (TPSA) is 185 Å². The van der Waals surface area contributed by atoms with E-state index in [1.807, 2.05) is 55.0 Å². The van der Waals surface area contributed by atoms with Gasteiger partial charge < -0.3 is 14.2 Å². The van der Waals surface area contributed by atoms with Gasteiger partial charge in [0, 0.05) is 0 Å². The second-order valence-electron chi connectivity index (χ2n) is 14.9. The SMILES string of the molecule is C=C[Si](C=C)(CC)c1ccc(C(=O)OOC(=O)OCC(C)(COC(=O)OOC(=O)c2ccc([Si](C=C)(C=C)CC)cc2)COC(=O)OOC(=O)c2ccc([Si](C=C)(C=C)CC)cc2)cc1. The first kappa shape index (κ1) is 52.3. The van der Waals surface area contributed by atoms with Crippen LogP contribution >= 0.6 is 0 Å². The van der Waals surface area contributed by atoms with Crippen LogP contribution in [0.3, 0.4) is 0 Å². The molecule has 0 heterocycles. The van der Waals surface area contributed by atoms with Crippen molar-refractivity contribution in [1.29, 1.82) is 0 Å². The molecule has 0 atom stereocenters. The van der Waals surface area contributed by atoms with Crippen LogP contribution in [0.15, 0.2) is 146 Å². The van der Waals surface area contributed by atoms with E-state index in [1.54, 1.807) is 36.4 Å². The Kier molecular flexibility index (Phi) is 19.4. The summed E-state index contributed by atoms with van der Waals surface area (Å²) in [5.41, 5.74) is 9.86. The van der Waals surface area contributed by atoms with Crippen LogP contribution in [0.2, 0.25) is 18.1 Å². The lowest BCUT2D eigenvalue weighted by atomic mass is 9.94. The van der Waals surface area contributed by atoms with Gasteiger partial charge in [0.05, 0.1) is 22.1 Å². The molecule has 0 spiro atoms. The van der Waals surface area contributed by atoms with Gasteiger partial charge in [0.1, 0.15) is 44.0 Å². The highest BCUT2D eigenvalue weighted by Crippen LogP contribution is 2.21. The van der Waals surface area contributed by atoms with Crippen molar-refractivity contribution in [3.05, 3.63) is 163 Å². The highest BCUT2D eigenvalue weighted by atomic mass is 28.3. The molecule has 18 heteroatoms. The smallest absolute Gasteiger partial charge is 0.431 e. The van der Waals surface area contributed by atoms with Crippen molar-refractivity contribution in [2.75, 3.05) is 19.8 Å². The van der Waals surface area contributed by atoms with Gasteiger partial charge in [-0.1, -0.05) is 107 Å². The fourth-order valence-corrected chi connectivity index (χ4v) is 13.7. The molecule has 0 aliphatic carbocycles.